The minimum absolute atomic E-state index is 0.0662. The molecular weight excluding hydrogens is 296 g/mol. The number of amides is 2. The highest BCUT2D eigenvalue weighted by molar-refractivity contribution is 5.91. The lowest BCUT2D eigenvalue weighted by atomic mass is 10.2. The number of benzene rings is 1. The van der Waals surface area contributed by atoms with Gasteiger partial charge < -0.3 is 15.3 Å². The molecule has 21 heavy (non-hydrogen) atoms. The van der Waals surface area contributed by atoms with Crippen LogP contribution in [0.3, 0.4) is 0 Å². The third-order valence-electron chi connectivity index (χ3n) is 2.39. The number of alkyl halides is 3. The van der Waals surface area contributed by atoms with Crippen LogP contribution in [0.5, 0.6) is 0 Å². The predicted octanol–water partition coefficient (Wildman–Crippen LogP) is 2.61. The van der Waals surface area contributed by atoms with E-state index in [1.165, 1.54) is 13.0 Å². The monoisotopic (exact) mass is 308 g/mol. The Morgan fingerprint density at radius 3 is 2.43 bits per heavy atom. The van der Waals surface area contributed by atoms with Crippen molar-refractivity contribution in [1.29, 1.82) is 0 Å². The molecule has 0 aliphatic rings. The van der Waals surface area contributed by atoms with Gasteiger partial charge in [0.1, 0.15) is 18.9 Å². The molecule has 0 aliphatic heterocycles. The number of nitrogens with zero attached hydrogens (tertiary/aromatic N) is 1. The van der Waals surface area contributed by atoms with E-state index in [1.54, 1.807) is 0 Å². The van der Waals surface area contributed by atoms with Gasteiger partial charge in [-0.25, -0.2) is 9.18 Å². The number of rotatable bonds is 4. The maximum Gasteiger partial charge on any atom is 0.406 e. The topological polar surface area (TPSA) is 69.6 Å². The first-order valence-electron chi connectivity index (χ1n) is 5.69. The number of carboxylic acid groups (broad SMARTS) is 1. The Morgan fingerprint density at radius 1 is 1.33 bits per heavy atom. The van der Waals surface area contributed by atoms with Crippen LogP contribution >= 0.6 is 0 Å². The summed E-state index contributed by atoms with van der Waals surface area (Å²) >= 11 is 0. The molecule has 1 rings (SSSR count). The third-order valence-corrected chi connectivity index (χ3v) is 2.39. The van der Waals surface area contributed by atoms with Crippen LogP contribution in [0.2, 0.25) is 0 Å². The first kappa shape index (κ1) is 16.7. The van der Waals surface area contributed by atoms with Crippen LogP contribution in [0.1, 0.15) is 5.56 Å². The van der Waals surface area contributed by atoms with Gasteiger partial charge in [0.2, 0.25) is 0 Å². The van der Waals surface area contributed by atoms with Gasteiger partial charge >= 0.3 is 18.2 Å². The second kappa shape index (κ2) is 6.42. The Kier molecular flexibility index (Phi) is 5.12. The largest absolute Gasteiger partial charge is 0.480 e. The van der Waals surface area contributed by atoms with Crippen molar-refractivity contribution in [1.82, 2.24) is 4.90 Å². The molecule has 116 valence electrons. The molecule has 0 atom stereocenters. The summed E-state index contributed by atoms with van der Waals surface area (Å²) in [5, 5.41) is 10.6. The van der Waals surface area contributed by atoms with Crippen molar-refractivity contribution in [3.63, 3.8) is 0 Å². The summed E-state index contributed by atoms with van der Waals surface area (Å²) < 4.78 is 50.0. The van der Waals surface area contributed by atoms with Crippen LogP contribution < -0.4 is 5.32 Å². The first-order valence-corrected chi connectivity index (χ1v) is 5.69. The Balaban J connectivity index is 2.84. The highest BCUT2D eigenvalue weighted by atomic mass is 19.4. The number of carbonyl (C=O) groups excluding carboxylic acids is 1. The van der Waals surface area contributed by atoms with Crippen LogP contribution in [-0.2, 0) is 4.79 Å². The molecule has 0 saturated carbocycles. The molecule has 5 nitrogen and oxygen atoms in total. The highest BCUT2D eigenvalue weighted by Crippen LogP contribution is 2.18. The average molecular weight is 308 g/mol. The number of aryl methyl sites for hydroxylation is 1. The molecule has 9 heteroatoms. The Labute approximate surface area is 117 Å². The second-order valence-corrected chi connectivity index (χ2v) is 4.26. The van der Waals surface area contributed by atoms with Gasteiger partial charge in [0.15, 0.2) is 0 Å². The van der Waals surface area contributed by atoms with Crippen molar-refractivity contribution in [2.75, 3.05) is 18.4 Å². The van der Waals surface area contributed by atoms with E-state index in [9.17, 15) is 27.2 Å². The van der Waals surface area contributed by atoms with Gasteiger partial charge in [-0.15, -0.1) is 0 Å². The van der Waals surface area contributed by atoms with Gasteiger partial charge in [0.05, 0.1) is 0 Å². The lowest BCUT2D eigenvalue weighted by Crippen LogP contribution is -2.44. The molecule has 0 spiro atoms. The maximum absolute atomic E-state index is 13.0. The fraction of sp³-hybridized carbons (Fsp3) is 0.333. The van der Waals surface area contributed by atoms with E-state index in [1.807, 2.05) is 0 Å². The molecule has 0 aromatic heterocycles. The molecule has 0 radical (unpaired) electrons. The Bertz CT molecular complexity index is 546. The Morgan fingerprint density at radius 2 is 1.95 bits per heavy atom. The van der Waals surface area contributed by atoms with Crippen molar-refractivity contribution >= 4 is 17.7 Å². The normalized spacial score (nSPS) is 11.1. The SMILES string of the molecule is Cc1cc(NC(=O)N(CC(=O)O)CC(F)(F)F)ccc1F. The summed E-state index contributed by atoms with van der Waals surface area (Å²) in [4.78, 5) is 22.3. The maximum atomic E-state index is 13.0. The van der Waals surface area contributed by atoms with E-state index in [0.717, 1.165) is 12.1 Å². The standard InChI is InChI=1S/C12H12F4N2O3/c1-7-4-8(2-3-9(7)13)17-11(21)18(5-10(19)20)6-12(14,15)16/h2-4H,5-6H2,1H3,(H,17,21)(H,19,20). The summed E-state index contributed by atoms with van der Waals surface area (Å²) in [6.07, 6.45) is -4.73. The van der Waals surface area contributed by atoms with E-state index >= 15 is 0 Å². The van der Waals surface area contributed by atoms with Crippen molar-refractivity contribution < 1.29 is 32.3 Å². The molecule has 0 fully saturated rings. The van der Waals surface area contributed by atoms with Crippen LogP contribution in [0.4, 0.5) is 28.0 Å². The van der Waals surface area contributed by atoms with Crippen molar-refractivity contribution in [2.24, 2.45) is 0 Å². The van der Waals surface area contributed by atoms with Gasteiger partial charge in [-0.3, -0.25) is 4.79 Å². The Hall–Kier alpha value is -2.32. The smallest absolute Gasteiger partial charge is 0.406 e. The van der Waals surface area contributed by atoms with E-state index in [0.29, 0.717) is 0 Å². The number of aliphatic carboxylic acids is 1. The molecular formula is C12H12F4N2O3. The lowest BCUT2D eigenvalue weighted by molar-refractivity contribution is -0.148. The third kappa shape index (κ3) is 5.67. The van der Waals surface area contributed by atoms with Gasteiger partial charge in [0, 0.05) is 5.69 Å². The number of carboxylic acids is 1. The number of anilines is 1. The highest BCUT2D eigenvalue weighted by Gasteiger charge is 2.34. The molecule has 0 unspecified atom stereocenters. The van der Waals surface area contributed by atoms with E-state index in [4.69, 9.17) is 5.11 Å². The lowest BCUT2D eigenvalue weighted by Gasteiger charge is -2.22. The van der Waals surface area contributed by atoms with Crippen LogP contribution in [-0.4, -0.2) is 41.3 Å². The number of urea groups is 1. The van der Waals surface area contributed by atoms with Gasteiger partial charge in [0.25, 0.3) is 0 Å². The van der Waals surface area contributed by atoms with Gasteiger partial charge in [-0.1, -0.05) is 0 Å². The van der Waals surface area contributed by atoms with Crippen molar-refractivity contribution in [2.45, 2.75) is 13.1 Å². The zero-order chi connectivity index (χ0) is 16.2. The zero-order valence-electron chi connectivity index (χ0n) is 10.9. The van der Waals surface area contributed by atoms with E-state index in [2.05, 4.69) is 5.32 Å². The molecule has 0 bridgehead atoms. The number of hydrogen-bond acceptors (Lipinski definition) is 2. The number of hydrogen-bond donors (Lipinski definition) is 2. The quantitative estimate of drug-likeness (QED) is 0.840. The van der Waals surface area contributed by atoms with Crippen LogP contribution in [0.25, 0.3) is 0 Å². The summed E-state index contributed by atoms with van der Waals surface area (Å²) in [5.74, 6) is -2.12. The van der Waals surface area contributed by atoms with Crippen molar-refractivity contribution in [3.05, 3.63) is 29.6 Å². The molecule has 2 amide bonds. The van der Waals surface area contributed by atoms with Crippen LogP contribution in [0, 0.1) is 12.7 Å². The minimum Gasteiger partial charge on any atom is -0.480 e. The fourth-order valence-corrected chi connectivity index (χ4v) is 1.50. The van der Waals surface area contributed by atoms with Gasteiger partial charge in [-0.05, 0) is 30.7 Å². The number of carbonyl (C=O) groups is 2. The molecule has 0 saturated heterocycles. The molecule has 0 heterocycles. The van der Waals surface area contributed by atoms with Gasteiger partial charge in [-0.2, -0.15) is 13.2 Å². The predicted molar refractivity (Wildman–Crippen MR) is 65.4 cm³/mol. The fourth-order valence-electron chi connectivity index (χ4n) is 1.50. The number of halogens is 4. The summed E-state index contributed by atoms with van der Waals surface area (Å²) in [5.41, 5.74) is 0.255. The average Bonchev–Trinajstić information content (AvgIpc) is 2.30. The summed E-state index contributed by atoms with van der Waals surface area (Å²) in [7, 11) is 0. The number of nitrogens with one attached hydrogen (secondary N) is 1. The zero-order valence-corrected chi connectivity index (χ0v) is 10.9. The van der Waals surface area contributed by atoms with Crippen LogP contribution in [0.15, 0.2) is 18.2 Å². The molecule has 0 aliphatic carbocycles. The molecule has 2 N–H and O–H groups in total. The second-order valence-electron chi connectivity index (χ2n) is 4.26. The molecule has 1 aromatic rings. The summed E-state index contributed by atoms with van der Waals surface area (Å²) in [6.45, 7) is -1.40. The van der Waals surface area contributed by atoms with E-state index < -0.39 is 37.1 Å². The first-order chi connectivity index (χ1) is 9.58. The summed E-state index contributed by atoms with van der Waals surface area (Å²) in [6, 6.07) is 2.18. The van der Waals surface area contributed by atoms with E-state index in [-0.39, 0.29) is 16.2 Å². The minimum atomic E-state index is -4.73. The van der Waals surface area contributed by atoms with Crippen molar-refractivity contribution in [3.8, 4) is 0 Å². The molecule has 1 aromatic carbocycles.